The van der Waals surface area contributed by atoms with Crippen LogP contribution < -0.4 is 10.9 Å². The Balaban J connectivity index is 2.11. The Morgan fingerprint density at radius 3 is 2.63 bits per heavy atom. The Morgan fingerprint density at radius 2 is 2.00 bits per heavy atom. The number of hydrogen-bond acceptors (Lipinski definition) is 4. The molecule has 142 valence electrons. The van der Waals surface area contributed by atoms with Crippen LogP contribution in [0.25, 0.3) is 22.2 Å². The minimum atomic E-state index is -1.45. The molecular formula is C20H23N3O4. The van der Waals surface area contributed by atoms with Crippen LogP contribution in [0.2, 0.25) is 0 Å². The Hall–Kier alpha value is -3.06. The molecule has 3 aromatic rings. The van der Waals surface area contributed by atoms with Gasteiger partial charge in [0.2, 0.25) is 0 Å². The summed E-state index contributed by atoms with van der Waals surface area (Å²) in [6, 6.07) is 8.17. The van der Waals surface area contributed by atoms with Crippen LogP contribution in [-0.4, -0.2) is 31.8 Å². The number of pyridine rings is 1. The van der Waals surface area contributed by atoms with Crippen molar-refractivity contribution in [3.05, 3.63) is 51.4 Å². The summed E-state index contributed by atoms with van der Waals surface area (Å²) in [5.74, 6) is -1.96. The summed E-state index contributed by atoms with van der Waals surface area (Å²) in [5.41, 5.74) is 2.16. The number of nitrogens with one attached hydrogen (secondary N) is 2. The maximum absolute atomic E-state index is 12.1. The molecule has 7 nitrogen and oxygen atoms in total. The van der Waals surface area contributed by atoms with Gasteiger partial charge in [0.05, 0.1) is 5.69 Å². The van der Waals surface area contributed by atoms with Gasteiger partial charge in [0, 0.05) is 41.8 Å². The number of rotatable bonds is 5. The number of hydrogen-bond donors (Lipinski definition) is 4. The second-order valence-corrected chi connectivity index (χ2v) is 6.99. The number of aromatic amines is 1. The highest BCUT2D eigenvalue weighted by molar-refractivity contribution is 5.92. The first kappa shape index (κ1) is 18.7. The van der Waals surface area contributed by atoms with Crippen LogP contribution >= 0.6 is 0 Å². The van der Waals surface area contributed by atoms with Gasteiger partial charge in [-0.05, 0) is 30.7 Å². The molecule has 4 N–H and O–H groups in total. The van der Waals surface area contributed by atoms with E-state index in [2.05, 4.69) is 34.8 Å². The Bertz CT molecular complexity index is 1090. The molecule has 27 heavy (non-hydrogen) atoms. The first-order valence-corrected chi connectivity index (χ1v) is 8.72. The van der Waals surface area contributed by atoms with Crippen molar-refractivity contribution in [3.63, 3.8) is 0 Å². The van der Waals surface area contributed by atoms with E-state index in [1.807, 2.05) is 25.2 Å². The number of aromatic nitrogens is 2. The van der Waals surface area contributed by atoms with E-state index in [1.165, 1.54) is 0 Å². The van der Waals surface area contributed by atoms with Crippen molar-refractivity contribution in [1.82, 2.24) is 14.9 Å². The van der Waals surface area contributed by atoms with Gasteiger partial charge in [0.15, 0.2) is 5.56 Å². The SMILES string of the molecule is Cc1c(-c2ccc3c(c2)cc(CNC(C)C)n3C)[nH]c(=O)c(C(=O)O)c1O. The molecule has 0 fully saturated rings. The number of aryl methyl sites for hydroxylation is 1. The summed E-state index contributed by atoms with van der Waals surface area (Å²) in [6.07, 6.45) is 0. The number of carbonyl (C=O) groups is 1. The third-order valence-electron chi connectivity index (χ3n) is 4.77. The lowest BCUT2D eigenvalue weighted by Gasteiger charge is -2.10. The summed E-state index contributed by atoms with van der Waals surface area (Å²) >= 11 is 0. The Labute approximate surface area is 156 Å². The Morgan fingerprint density at radius 1 is 1.30 bits per heavy atom. The van der Waals surface area contributed by atoms with E-state index in [-0.39, 0.29) is 0 Å². The molecule has 0 aliphatic heterocycles. The molecule has 0 saturated heterocycles. The first-order chi connectivity index (χ1) is 12.7. The van der Waals surface area contributed by atoms with Crippen LogP contribution in [-0.2, 0) is 13.6 Å². The predicted octanol–water partition coefficient (Wildman–Crippen LogP) is 2.74. The van der Waals surface area contributed by atoms with E-state index in [0.717, 1.165) is 23.1 Å². The van der Waals surface area contributed by atoms with E-state index in [9.17, 15) is 14.7 Å². The average molecular weight is 369 g/mol. The molecule has 7 heteroatoms. The van der Waals surface area contributed by atoms with E-state index < -0.39 is 22.8 Å². The van der Waals surface area contributed by atoms with Crippen LogP contribution in [0.5, 0.6) is 5.75 Å². The van der Waals surface area contributed by atoms with Crippen molar-refractivity contribution in [1.29, 1.82) is 0 Å². The topological polar surface area (TPSA) is 107 Å². The van der Waals surface area contributed by atoms with Crippen molar-refractivity contribution < 1.29 is 15.0 Å². The molecule has 0 atom stereocenters. The van der Waals surface area contributed by atoms with Crippen LogP contribution in [0.15, 0.2) is 29.1 Å². The third-order valence-corrected chi connectivity index (χ3v) is 4.77. The van der Waals surface area contributed by atoms with Crippen molar-refractivity contribution in [2.45, 2.75) is 33.4 Å². The highest BCUT2D eigenvalue weighted by Gasteiger charge is 2.20. The molecule has 1 aromatic carbocycles. The third kappa shape index (κ3) is 3.33. The van der Waals surface area contributed by atoms with Gasteiger partial charge >= 0.3 is 5.97 Å². The second kappa shape index (κ2) is 6.92. The summed E-state index contributed by atoms with van der Waals surface area (Å²) < 4.78 is 2.11. The van der Waals surface area contributed by atoms with Gasteiger partial charge in [-0.2, -0.15) is 0 Å². The standard InChI is InChI=1S/C20H23N3O4/c1-10(2)21-9-14-8-13-7-12(5-6-15(13)23(14)4)17-11(3)18(24)16(20(26)27)19(25)22-17/h5-8,10,21H,9H2,1-4H3,(H,26,27)(H2,22,24,25). The molecule has 0 amide bonds. The first-order valence-electron chi connectivity index (χ1n) is 8.72. The number of fused-ring (bicyclic) bond motifs is 1. The fourth-order valence-electron chi connectivity index (χ4n) is 3.21. The van der Waals surface area contributed by atoms with Gasteiger partial charge in [0.1, 0.15) is 5.75 Å². The molecule has 0 aliphatic carbocycles. The zero-order chi connectivity index (χ0) is 19.9. The number of H-pyrrole nitrogens is 1. The van der Waals surface area contributed by atoms with E-state index >= 15 is 0 Å². The number of nitrogens with zero attached hydrogens (tertiary/aromatic N) is 1. The minimum absolute atomic E-state index is 0.323. The molecule has 0 aliphatic rings. The van der Waals surface area contributed by atoms with Crippen LogP contribution in [0.1, 0.15) is 35.5 Å². The minimum Gasteiger partial charge on any atom is -0.506 e. The maximum atomic E-state index is 12.1. The summed E-state index contributed by atoms with van der Waals surface area (Å²) in [4.78, 5) is 25.9. The summed E-state index contributed by atoms with van der Waals surface area (Å²) in [6.45, 7) is 6.50. The van der Waals surface area contributed by atoms with E-state index in [1.54, 1.807) is 6.92 Å². The number of benzene rings is 1. The molecule has 0 saturated carbocycles. The molecule has 2 heterocycles. The van der Waals surface area contributed by atoms with Crippen molar-refractivity contribution >= 4 is 16.9 Å². The highest BCUT2D eigenvalue weighted by Crippen LogP contribution is 2.31. The van der Waals surface area contributed by atoms with E-state index in [0.29, 0.717) is 22.9 Å². The predicted molar refractivity (Wildman–Crippen MR) is 104 cm³/mol. The lowest BCUT2D eigenvalue weighted by Crippen LogP contribution is -2.22. The van der Waals surface area contributed by atoms with Crippen LogP contribution in [0.4, 0.5) is 0 Å². The summed E-state index contributed by atoms with van der Waals surface area (Å²) in [5, 5.41) is 23.7. The fraction of sp³-hybridized carbons (Fsp3) is 0.300. The van der Waals surface area contributed by atoms with Gasteiger partial charge in [-0.15, -0.1) is 0 Å². The highest BCUT2D eigenvalue weighted by atomic mass is 16.4. The number of aromatic hydroxyl groups is 1. The van der Waals surface area contributed by atoms with E-state index in [4.69, 9.17) is 5.11 Å². The van der Waals surface area contributed by atoms with Gasteiger partial charge in [-0.1, -0.05) is 19.9 Å². The molecule has 2 aromatic heterocycles. The van der Waals surface area contributed by atoms with Crippen molar-refractivity contribution in [3.8, 4) is 17.0 Å². The quantitative estimate of drug-likeness (QED) is 0.553. The van der Waals surface area contributed by atoms with Crippen molar-refractivity contribution in [2.24, 2.45) is 7.05 Å². The monoisotopic (exact) mass is 369 g/mol. The smallest absolute Gasteiger partial charge is 0.345 e. The average Bonchev–Trinajstić information content (AvgIpc) is 2.91. The molecule has 3 rings (SSSR count). The lowest BCUT2D eigenvalue weighted by molar-refractivity contribution is 0.0691. The molecule has 0 spiro atoms. The number of carboxylic acid groups (broad SMARTS) is 1. The van der Waals surface area contributed by atoms with Crippen LogP contribution in [0, 0.1) is 6.92 Å². The Kier molecular flexibility index (Phi) is 4.80. The number of carboxylic acids is 1. The molecule has 0 unspecified atom stereocenters. The maximum Gasteiger partial charge on any atom is 0.345 e. The lowest BCUT2D eigenvalue weighted by atomic mass is 10.0. The molecular weight excluding hydrogens is 346 g/mol. The molecule has 0 radical (unpaired) electrons. The zero-order valence-electron chi connectivity index (χ0n) is 15.8. The van der Waals surface area contributed by atoms with Gasteiger partial charge in [0.25, 0.3) is 5.56 Å². The van der Waals surface area contributed by atoms with Crippen molar-refractivity contribution in [2.75, 3.05) is 0 Å². The second-order valence-electron chi connectivity index (χ2n) is 6.99. The number of aromatic carboxylic acids is 1. The van der Waals surface area contributed by atoms with Gasteiger partial charge in [-0.3, -0.25) is 4.79 Å². The largest absolute Gasteiger partial charge is 0.506 e. The van der Waals surface area contributed by atoms with Gasteiger partial charge < -0.3 is 25.1 Å². The van der Waals surface area contributed by atoms with Crippen LogP contribution in [0.3, 0.4) is 0 Å². The van der Waals surface area contributed by atoms with Gasteiger partial charge in [-0.25, -0.2) is 4.79 Å². The summed E-state index contributed by atoms with van der Waals surface area (Å²) in [7, 11) is 2.00. The normalized spacial score (nSPS) is 11.4. The zero-order valence-corrected chi connectivity index (χ0v) is 15.8. The fourth-order valence-corrected chi connectivity index (χ4v) is 3.21. The molecule has 0 bridgehead atoms.